The summed E-state index contributed by atoms with van der Waals surface area (Å²) >= 11 is 0. The molecule has 1 fully saturated rings. The molecule has 1 saturated heterocycles. The first-order chi connectivity index (χ1) is 10.7. The Balaban J connectivity index is 1.78. The Hall–Kier alpha value is -1.59. The van der Waals surface area contributed by atoms with Gasteiger partial charge in [-0.15, -0.1) is 0 Å². The van der Waals surface area contributed by atoms with E-state index in [9.17, 15) is 4.79 Å². The van der Waals surface area contributed by atoms with Crippen molar-refractivity contribution in [3.05, 3.63) is 29.8 Å². The molecule has 0 saturated carbocycles. The summed E-state index contributed by atoms with van der Waals surface area (Å²) < 4.78 is 5.17. The van der Waals surface area contributed by atoms with Crippen molar-refractivity contribution in [2.45, 2.75) is 19.3 Å². The second-order valence-electron chi connectivity index (χ2n) is 5.82. The van der Waals surface area contributed by atoms with Crippen LogP contribution in [-0.4, -0.2) is 50.6 Å². The first kappa shape index (κ1) is 16.8. The van der Waals surface area contributed by atoms with E-state index < -0.39 is 0 Å². The van der Waals surface area contributed by atoms with Gasteiger partial charge in [0, 0.05) is 26.2 Å². The molecule has 2 rings (SSSR count). The zero-order chi connectivity index (χ0) is 15.8. The number of piperidine rings is 1. The largest absolute Gasteiger partial charge is 0.497 e. The van der Waals surface area contributed by atoms with Crippen LogP contribution < -0.4 is 15.8 Å². The van der Waals surface area contributed by atoms with Crippen LogP contribution in [0, 0.1) is 5.92 Å². The smallest absolute Gasteiger partial charge is 0.224 e. The minimum atomic E-state index is 0.108. The van der Waals surface area contributed by atoms with E-state index in [-0.39, 0.29) is 11.8 Å². The van der Waals surface area contributed by atoms with Crippen LogP contribution in [0.25, 0.3) is 0 Å². The number of nitrogens with zero attached hydrogens (tertiary/aromatic N) is 1. The Morgan fingerprint density at radius 2 is 2.18 bits per heavy atom. The fourth-order valence-electron chi connectivity index (χ4n) is 2.89. The summed E-state index contributed by atoms with van der Waals surface area (Å²) in [5.41, 5.74) is 6.73. The van der Waals surface area contributed by atoms with Gasteiger partial charge in [-0.2, -0.15) is 0 Å². The Morgan fingerprint density at radius 3 is 2.86 bits per heavy atom. The average molecular weight is 305 g/mol. The number of benzene rings is 1. The fourth-order valence-corrected chi connectivity index (χ4v) is 2.89. The van der Waals surface area contributed by atoms with E-state index >= 15 is 0 Å². The summed E-state index contributed by atoms with van der Waals surface area (Å²) in [4.78, 5) is 14.4. The van der Waals surface area contributed by atoms with E-state index in [1.165, 1.54) is 5.56 Å². The van der Waals surface area contributed by atoms with Crippen molar-refractivity contribution in [1.29, 1.82) is 0 Å². The molecule has 1 aliphatic rings. The van der Waals surface area contributed by atoms with E-state index in [1.54, 1.807) is 7.11 Å². The van der Waals surface area contributed by atoms with E-state index in [0.29, 0.717) is 13.1 Å². The lowest BCUT2D eigenvalue weighted by Gasteiger charge is -2.32. The summed E-state index contributed by atoms with van der Waals surface area (Å²) in [5.74, 6) is 1.15. The van der Waals surface area contributed by atoms with Crippen molar-refractivity contribution in [3.8, 4) is 5.75 Å². The molecule has 1 atom stereocenters. The number of nitrogens with one attached hydrogen (secondary N) is 1. The molecule has 1 aromatic carbocycles. The molecule has 0 radical (unpaired) electrons. The van der Waals surface area contributed by atoms with Gasteiger partial charge in [0.15, 0.2) is 0 Å². The lowest BCUT2D eigenvalue weighted by atomic mass is 9.96. The third-order valence-corrected chi connectivity index (χ3v) is 4.20. The van der Waals surface area contributed by atoms with E-state index in [1.807, 2.05) is 12.1 Å². The molecule has 3 N–H and O–H groups in total. The zero-order valence-electron chi connectivity index (χ0n) is 13.4. The maximum absolute atomic E-state index is 12.0. The van der Waals surface area contributed by atoms with Gasteiger partial charge in [-0.3, -0.25) is 4.79 Å². The monoisotopic (exact) mass is 305 g/mol. The first-order valence-electron chi connectivity index (χ1n) is 8.06. The van der Waals surface area contributed by atoms with Gasteiger partial charge in [-0.1, -0.05) is 12.1 Å². The predicted molar refractivity (Wildman–Crippen MR) is 87.9 cm³/mol. The number of hydrogen-bond donors (Lipinski definition) is 2. The van der Waals surface area contributed by atoms with Crippen molar-refractivity contribution < 1.29 is 9.53 Å². The van der Waals surface area contributed by atoms with Crippen molar-refractivity contribution in [1.82, 2.24) is 10.2 Å². The van der Waals surface area contributed by atoms with Crippen LogP contribution in [0.15, 0.2) is 24.3 Å². The first-order valence-corrected chi connectivity index (χ1v) is 8.06. The lowest BCUT2D eigenvalue weighted by Crippen LogP contribution is -2.44. The normalized spacial score (nSPS) is 18.9. The van der Waals surface area contributed by atoms with E-state index in [2.05, 4.69) is 22.3 Å². The molecule has 0 bridgehead atoms. The molecule has 1 amide bonds. The highest BCUT2D eigenvalue weighted by molar-refractivity contribution is 5.78. The molecule has 0 spiro atoms. The van der Waals surface area contributed by atoms with E-state index in [4.69, 9.17) is 10.5 Å². The van der Waals surface area contributed by atoms with Gasteiger partial charge in [0.25, 0.3) is 0 Å². The molecular formula is C17H27N3O2. The highest BCUT2D eigenvalue weighted by atomic mass is 16.5. The van der Waals surface area contributed by atoms with Gasteiger partial charge >= 0.3 is 0 Å². The third kappa shape index (κ3) is 5.00. The van der Waals surface area contributed by atoms with Crippen LogP contribution >= 0.6 is 0 Å². The number of amides is 1. The number of ether oxygens (including phenoxy) is 1. The predicted octanol–water partition coefficient (Wildman–Crippen LogP) is 1.02. The highest BCUT2D eigenvalue weighted by Crippen LogP contribution is 2.18. The molecule has 0 aliphatic carbocycles. The topological polar surface area (TPSA) is 67.6 Å². The second-order valence-corrected chi connectivity index (χ2v) is 5.82. The Kier molecular flexibility index (Phi) is 6.68. The number of carbonyl (C=O) groups excluding carboxylic acids is 1. The van der Waals surface area contributed by atoms with Crippen LogP contribution in [0.1, 0.15) is 18.4 Å². The number of carbonyl (C=O) groups is 1. The average Bonchev–Trinajstić information content (AvgIpc) is 2.58. The third-order valence-electron chi connectivity index (χ3n) is 4.20. The van der Waals surface area contributed by atoms with Crippen molar-refractivity contribution in [2.75, 3.05) is 39.8 Å². The number of hydrogen-bond acceptors (Lipinski definition) is 4. The van der Waals surface area contributed by atoms with Gasteiger partial charge in [0.05, 0.1) is 13.0 Å². The fraction of sp³-hybridized carbons (Fsp3) is 0.588. The van der Waals surface area contributed by atoms with Gasteiger partial charge in [-0.25, -0.2) is 0 Å². The number of likely N-dealkylation sites (tertiary alicyclic amines) is 1. The molecular weight excluding hydrogens is 278 g/mol. The quantitative estimate of drug-likeness (QED) is 0.789. The van der Waals surface area contributed by atoms with Crippen LogP contribution in [0.3, 0.4) is 0 Å². The highest BCUT2D eigenvalue weighted by Gasteiger charge is 2.25. The van der Waals surface area contributed by atoms with Crippen molar-refractivity contribution in [3.63, 3.8) is 0 Å². The summed E-state index contributed by atoms with van der Waals surface area (Å²) in [6.07, 6.45) is 3.07. The summed E-state index contributed by atoms with van der Waals surface area (Å²) in [6.45, 7) is 4.00. The maximum Gasteiger partial charge on any atom is 0.224 e. The molecule has 1 unspecified atom stereocenters. The molecule has 22 heavy (non-hydrogen) atoms. The van der Waals surface area contributed by atoms with Crippen LogP contribution in [0.5, 0.6) is 5.75 Å². The summed E-state index contributed by atoms with van der Waals surface area (Å²) in [7, 11) is 1.68. The second kappa shape index (κ2) is 8.76. The van der Waals surface area contributed by atoms with E-state index in [0.717, 1.165) is 44.6 Å². The van der Waals surface area contributed by atoms with Crippen LogP contribution in [0.4, 0.5) is 0 Å². The minimum absolute atomic E-state index is 0.108. The molecule has 1 aliphatic heterocycles. The van der Waals surface area contributed by atoms with Crippen LogP contribution in [0.2, 0.25) is 0 Å². The summed E-state index contributed by atoms with van der Waals surface area (Å²) in [6, 6.07) is 8.20. The molecule has 5 nitrogen and oxygen atoms in total. The molecule has 1 heterocycles. The van der Waals surface area contributed by atoms with Gasteiger partial charge in [0.1, 0.15) is 5.75 Å². The lowest BCUT2D eigenvalue weighted by molar-refractivity contribution is -0.126. The Bertz CT molecular complexity index is 461. The van der Waals surface area contributed by atoms with Crippen LogP contribution in [-0.2, 0) is 11.2 Å². The van der Waals surface area contributed by atoms with Crippen molar-refractivity contribution in [2.24, 2.45) is 11.7 Å². The standard InChI is InChI=1S/C17H27N3O2/c1-22-16-6-4-14(5-7-16)8-12-20-11-2-3-15(13-20)17(21)19-10-9-18/h4-7,15H,2-3,8-13,18H2,1H3,(H,19,21). The maximum atomic E-state index is 12.0. The molecule has 0 aromatic heterocycles. The minimum Gasteiger partial charge on any atom is -0.497 e. The van der Waals surface area contributed by atoms with Crippen molar-refractivity contribution >= 4 is 5.91 Å². The zero-order valence-corrected chi connectivity index (χ0v) is 13.4. The SMILES string of the molecule is COc1ccc(CCN2CCCC(C(=O)NCCN)C2)cc1. The number of rotatable bonds is 7. The molecule has 5 heteroatoms. The van der Waals surface area contributed by atoms with Gasteiger partial charge in [0.2, 0.25) is 5.91 Å². The molecule has 122 valence electrons. The molecule has 1 aromatic rings. The summed E-state index contributed by atoms with van der Waals surface area (Å²) in [5, 5.41) is 2.90. The Labute approximate surface area is 132 Å². The Morgan fingerprint density at radius 1 is 1.41 bits per heavy atom. The number of methoxy groups -OCH3 is 1. The van der Waals surface area contributed by atoms with Gasteiger partial charge in [-0.05, 0) is 43.5 Å². The number of nitrogens with two attached hydrogens (primary N) is 1. The van der Waals surface area contributed by atoms with Gasteiger partial charge < -0.3 is 20.7 Å².